The van der Waals surface area contributed by atoms with Crippen molar-refractivity contribution in [3.8, 4) is 0 Å². The molecule has 0 amide bonds. The summed E-state index contributed by atoms with van der Waals surface area (Å²) < 4.78 is 9.80. The van der Waals surface area contributed by atoms with Gasteiger partial charge in [0.05, 0.1) is 52.9 Å². The lowest BCUT2D eigenvalue weighted by Crippen LogP contribution is -2.29. The first kappa shape index (κ1) is 55.1. The van der Waals surface area contributed by atoms with E-state index in [9.17, 15) is 42.2 Å². The quantitative estimate of drug-likeness (QED) is 0.0307. The smallest absolute Gasteiger partial charge is 0.0606 e. The summed E-state index contributed by atoms with van der Waals surface area (Å²) in [5, 5.41) is 75.2. The number of aliphatic hydroxyl groups is 8. The lowest BCUT2D eigenvalue weighted by Gasteiger charge is -2.26. The fourth-order valence-electron chi connectivity index (χ4n) is 8.85. The summed E-state index contributed by atoms with van der Waals surface area (Å²) >= 11 is 0. The van der Waals surface area contributed by atoms with Crippen molar-refractivity contribution in [3.05, 3.63) is 179 Å². The van der Waals surface area contributed by atoms with E-state index in [1.807, 2.05) is 150 Å². The van der Waals surface area contributed by atoms with E-state index in [0.717, 1.165) is 61.9 Å². The van der Waals surface area contributed by atoms with E-state index in [1.54, 1.807) is 0 Å². The topological polar surface area (TPSA) is 181 Å². The molecule has 72 heavy (non-hydrogen) atoms. The van der Waals surface area contributed by atoms with Crippen LogP contribution < -0.4 is 29.4 Å². The van der Waals surface area contributed by atoms with Crippen molar-refractivity contribution in [1.82, 2.24) is 0 Å². The van der Waals surface area contributed by atoms with Crippen LogP contribution in [-0.2, 0) is 0 Å². The lowest BCUT2D eigenvalue weighted by atomic mass is 9.85. The van der Waals surface area contributed by atoms with Crippen molar-refractivity contribution in [2.75, 3.05) is 163 Å². The van der Waals surface area contributed by atoms with Crippen LogP contribution in [0.25, 0.3) is 0 Å². The zero-order valence-corrected chi connectivity index (χ0v) is 42.5. The number of benzene rings is 6. The number of hydrogen-bond acceptors (Lipinski definition) is 14. The van der Waals surface area contributed by atoms with Gasteiger partial charge in [0.25, 0.3) is 0 Å². The second-order valence-electron chi connectivity index (χ2n) is 17.7. The fraction of sp³-hybridized carbons (Fsp3) is 0.379. The van der Waals surface area contributed by atoms with Crippen molar-refractivity contribution in [2.45, 2.75) is 11.8 Å². The minimum atomic E-state index is -1.19. The number of aliphatic hydroxyl groups excluding tert-OH is 8. The second-order valence-corrected chi connectivity index (χ2v) is 17.7. The minimum Gasteiger partial charge on any atom is -0.395 e. The molecular formula is C58H78N6O8. The molecule has 0 heterocycles. The predicted octanol–water partition coefficient (Wildman–Crippen LogP) is 5.03. The van der Waals surface area contributed by atoms with Crippen LogP contribution in [-0.4, -0.2) is 174 Å². The molecule has 0 aliphatic carbocycles. The van der Waals surface area contributed by atoms with Crippen LogP contribution in [0.5, 0.6) is 0 Å². The highest BCUT2D eigenvalue weighted by Gasteiger charge is 2.21. The maximum absolute atomic E-state index is 9.80. The highest BCUT2D eigenvalue weighted by atomic mass is 16.3. The fourth-order valence-corrected chi connectivity index (χ4v) is 8.85. The molecular weight excluding hydrogens is 909 g/mol. The molecule has 0 radical (unpaired) electrons. The summed E-state index contributed by atoms with van der Waals surface area (Å²) in [6, 6.07) is 48.6. The molecule has 0 saturated carbocycles. The van der Waals surface area contributed by atoms with E-state index < -0.39 is 5.89 Å². The Morgan fingerprint density at radius 1 is 0.278 bits per heavy atom. The van der Waals surface area contributed by atoms with Crippen molar-refractivity contribution in [3.63, 3.8) is 0 Å². The molecule has 6 rings (SSSR count). The van der Waals surface area contributed by atoms with Gasteiger partial charge in [-0.15, -0.1) is 0 Å². The Hall–Kier alpha value is -6.20. The average molecular weight is 988 g/mol. The zero-order chi connectivity index (χ0) is 52.8. The van der Waals surface area contributed by atoms with Crippen LogP contribution in [0.15, 0.2) is 146 Å². The van der Waals surface area contributed by atoms with Crippen LogP contribution in [0.2, 0.25) is 0 Å². The van der Waals surface area contributed by atoms with Gasteiger partial charge in [-0.1, -0.05) is 72.8 Å². The minimum absolute atomic E-state index is 0.0116. The molecule has 0 spiro atoms. The van der Waals surface area contributed by atoms with Crippen LogP contribution in [0, 0.1) is 0 Å². The van der Waals surface area contributed by atoms with E-state index in [2.05, 4.69) is 53.4 Å². The molecule has 14 heteroatoms. The lowest BCUT2D eigenvalue weighted by molar-refractivity contribution is 0.280. The molecule has 0 aromatic heterocycles. The molecule has 0 aliphatic heterocycles. The molecule has 0 bridgehead atoms. The van der Waals surface area contributed by atoms with E-state index >= 15 is 0 Å². The molecule has 0 atom stereocenters. The van der Waals surface area contributed by atoms with Gasteiger partial charge in [0.2, 0.25) is 0 Å². The summed E-state index contributed by atoms with van der Waals surface area (Å²) in [5.41, 5.74) is 11.7. The summed E-state index contributed by atoms with van der Waals surface area (Å²) in [6.45, 7) is 3.57. The van der Waals surface area contributed by atoms with Crippen LogP contribution in [0.1, 0.15) is 46.6 Å². The van der Waals surface area contributed by atoms with Crippen LogP contribution in [0.3, 0.4) is 0 Å². The second kappa shape index (κ2) is 30.0. The normalized spacial score (nSPS) is 11.4. The largest absolute Gasteiger partial charge is 0.395 e. The van der Waals surface area contributed by atoms with E-state index in [0.29, 0.717) is 52.4 Å². The van der Waals surface area contributed by atoms with E-state index in [-0.39, 0.29) is 58.8 Å². The van der Waals surface area contributed by atoms with Crippen molar-refractivity contribution in [2.24, 2.45) is 0 Å². The summed E-state index contributed by atoms with van der Waals surface area (Å²) in [7, 11) is 8.02. The first-order chi connectivity index (χ1) is 35.4. The monoisotopic (exact) mass is 988 g/mol. The molecule has 388 valence electrons. The van der Waals surface area contributed by atoms with Gasteiger partial charge in [0.1, 0.15) is 0 Å². The third-order valence-electron chi connectivity index (χ3n) is 12.6. The maximum atomic E-state index is 9.80. The van der Waals surface area contributed by atoms with Gasteiger partial charge in [0.15, 0.2) is 0 Å². The summed E-state index contributed by atoms with van der Waals surface area (Å²) in [5.74, 6) is -1.18. The number of hydrogen-bond donors (Lipinski definition) is 8. The zero-order valence-electron chi connectivity index (χ0n) is 43.5. The first-order valence-corrected chi connectivity index (χ1v) is 24.7. The summed E-state index contributed by atoms with van der Waals surface area (Å²) in [6.07, 6.45) is 0. The van der Waals surface area contributed by atoms with E-state index in [4.69, 9.17) is 0 Å². The highest BCUT2D eigenvalue weighted by molar-refractivity contribution is 5.58. The molecule has 0 aliphatic rings. The summed E-state index contributed by atoms with van der Waals surface area (Å²) in [4.78, 5) is 11.9. The Morgan fingerprint density at radius 2 is 0.444 bits per heavy atom. The molecule has 0 unspecified atom stereocenters. The molecule has 0 saturated heterocycles. The van der Waals surface area contributed by atoms with Gasteiger partial charge in [0, 0.05) is 128 Å². The van der Waals surface area contributed by atoms with E-state index in [1.165, 1.54) is 5.56 Å². The standard InChI is InChI=1S/2C29H39N3O4/c2*1-30(2)26-9-3-23(4-10-26)29(24-5-11-27(12-6-24)31(15-19-33)16-20-34)25-7-13-28(14-8-25)32(17-21-35)18-22-36/h2*3-14,29,33-36H,15-22H2,1-2H3/i29D;. The Labute approximate surface area is 428 Å². The number of nitrogens with zero attached hydrogens (tertiary/aromatic N) is 6. The van der Waals surface area contributed by atoms with Crippen molar-refractivity contribution >= 4 is 34.1 Å². The molecule has 6 aromatic rings. The number of anilines is 6. The average Bonchev–Trinajstić information content (AvgIpc) is 3.41. The van der Waals surface area contributed by atoms with Gasteiger partial charge >= 0.3 is 0 Å². The molecule has 6 aromatic carbocycles. The first-order valence-electron chi connectivity index (χ1n) is 25.2. The SMILES string of the molecule is CN(C)c1ccc(C(c2ccc(N(CCO)CCO)cc2)c2ccc(N(CCO)CCO)cc2)cc1.[2H]C(c1ccc(N(C)C)cc1)(c1ccc(N(CCO)CCO)cc1)c1ccc(N(CCO)CCO)cc1. The highest BCUT2D eigenvalue weighted by Crippen LogP contribution is 2.37. The van der Waals surface area contributed by atoms with Crippen LogP contribution >= 0.6 is 0 Å². The maximum Gasteiger partial charge on any atom is 0.0606 e. The van der Waals surface area contributed by atoms with Crippen LogP contribution in [0.4, 0.5) is 34.1 Å². The van der Waals surface area contributed by atoms with Gasteiger partial charge < -0.3 is 70.3 Å². The Kier molecular flexibility index (Phi) is 23.0. The van der Waals surface area contributed by atoms with Gasteiger partial charge in [-0.2, -0.15) is 0 Å². The predicted molar refractivity (Wildman–Crippen MR) is 295 cm³/mol. The third kappa shape index (κ3) is 15.9. The molecule has 14 nitrogen and oxygen atoms in total. The van der Waals surface area contributed by atoms with Gasteiger partial charge in [-0.3, -0.25) is 0 Å². The van der Waals surface area contributed by atoms with Crippen molar-refractivity contribution in [1.29, 1.82) is 0 Å². The Bertz CT molecular complexity index is 2300. The third-order valence-corrected chi connectivity index (χ3v) is 12.6. The van der Waals surface area contributed by atoms with Gasteiger partial charge in [-0.05, 0) is 106 Å². The number of rotatable bonds is 28. The Balaban J connectivity index is 0.000000271. The van der Waals surface area contributed by atoms with Crippen molar-refractivity contribution < 1.29 is 42.2 Å². The molecule has 8 N–H and O–H groups in total. The van der Waals surface area contributed by atoms with Gasteiger partial charge in [-0.25, -0.2) is 0 Å². The molecule has 0 fully saturated rings. The Morgan fingerprint density at radius 3 is 0.611 bits per heavy atom.